The lowest BCUT2D eigenvalue weighted by atomic mass is 9.91. The van der Waals surface area contributed by atoms with Crippen molar-refractivity contribution in [1.29, 1.82) is 0 Å². The van der Waals surface area contributed by atoms with Crippen molar-refractivity contribution in [1.82, 2.24) is 9.47 Å². The third-order valence-corrected chi connectivity index (χ3v) is 6.65. The van der Waals surface area contributed by atoms with Crippen molar-refractivity contribution < 1.29 is 19.1 Å². The highest BCUT2D eigenvalue weighted by Crippen LogP contribution is 2.36. The normalized spacial score (nSPS) is 18.4. The van der Waals surface area contributed by atoms with Crippen LogP contribution in [0.3, 0.4) is 0 Å². The lowest BCUT2D eigenvalue weighted by Crippen LogP contribution is -2.50. The van der Waals surface area contributed by atoms with Crippen molar-refractivity contribution >= 4 is 17.7 Å². The number of ether oxygens (including phenoxy) is 1. The molecule has 1 unspecified atom stereocenters. The third kappa shape index (κ3) is 3.99. The fourth-order valence-electron chi connectivity index (χ4n) is 4.94. The van der Waals surface area contributed by atoms with Crippen LogP contribution in [-0.4, -0.2) is 46.3 Å². The van der Waals surface area contributed by atoms with E-state index in [9.17, 15) is 14.4 Å². The molecule has 0 aliphatic heterocycles. The Hall–Kier alpha value is -2.11. The van der Waals surface area contributed by atoms with Gasteiger partial charge in [0.1, 0.15) is 5.69 Å². The maximum atomic E-state index is 13.7. The van der Waals surface area contributed by atoms with Gasteiger partial charge in [-0.1, -0.05) is 19.3 Å². The quantitative estimate of drug-likeness (QED) is 0.510. The Morgan fingerprint density at radius 3 is 2.24 bits per heavy atom. The van der Waals surface area contributed by atoms with Gasteiger partial charge >= 0.3 is 5.97 Å². The number of ketones is 1. The number of methoxy groups -OCH3 is 1. The van der Waals surface area contributed by atoms with Gasteiger partial charge in [-0.15, -0.1) is 0 Å². The lowest BCUT2D eigenvalue weighted by molar-refractivity contribution is -0.137. The lowest BCUT2D eigenvalue weighted by Gasteiger charge is -2.38. The van der Waals surface area contributed by atoms with Crippen LogP contribution in [0.5, 0.6) is 0 Å². The molecule has 2 fully saturated rings. The van der Waals surface area contributed by atoms with E-state index in [0.717, 1.165) is 44.2 Å². The van der Waals surface area contributed by atoms with Gasteiger partial charge in [-0.25, -0.2) is 4.79 Å². The molecule has 29 heavy (non-hydrogen) atoms. The van der Waals surface area contributed by atoms with Crippen LogP contribution in [0.25, 0.3) is 0 Å². The minimum absolute atomic E-state index is 0.0723. The molecule has 0 bridgehead atoms. The second-order valence-corrected chi connectivity index (χ2v) is 8.52. The van der Waals surface area contributed by atoms with E-state index >= 15 is 0 Å². The molecule has 0 spiro atoms. The van der Waals surface area contributed by atoms with Crippen molar-refractivity contribution in [3.05, 3.63) is 22.5 Å². The van der Waals surface area contributed by atoms with Gasteiger partial charge in [0.25, 0.3) is 0 Å². The summed E-state index contributed by atoms with van der Waals surface area (Å²) in [6.45, 7) is 8.06. The second kappa shape index (κ2) is 8.72. The van der Waals surface area contributed by atoms with Crippen LogP contribution in [0.4, 0.5) is 0 Å². The van der Waals surface area contributed by atoms with Crippen molar-refractivity contribution in [2.75, 3.05) is 7.11 Å². The van der Waals surface area contributed by atoms with Crippen LogP contribution in [-0.2, 0) is 16.1 Å². The largest absolute Gasteiger partial charge is 0.464 e. The van der Waals surface area contributed by atoms with Crippen LogP contribution in [0.1, 0.15) is 90.9 Å². The molecular formula is C23H34N2O4. The molecule has 1 aromatic rings. The molecular weight excluding hydrogens is 368 g/mol. The zero-order valence-corrected chi connectivity index (χ0v) is 18.4. The maximum Gasteiger partial charge on any atom is 0.354 e. The van der Waals surface area contributed by atoms with Gasteiger partial charge in [-0.3, -0.25) is 9.59 Å². The van der Waals surface area contributed by atoms with Gasteiger partial charge in [-0.2, -0.15) is 0 Å². The zero-order chi connectivity index (χ0) is 21.3. The number of carbonyl (C=O) groups excluding carboxylic acids is 3. The molecule has 6 heteroatoms. The molecule has 2 saturated carbocycles. The fraction of sp³-hybridized carbons (Fsp3) is 0.696. The molecule has 160 valence electrons. The number of carbonyl (C=O) groups is 3. The molecule has 0 radical (unpaired) electrons. The molecule has 1 atom stereocenters. The van der Waals surface area contributed by atoms with E-state index in [0.29, 0.717) is 23.4 Å². The number of aromatic nitrogens is 1. The molecule has 3 rings (SSSR count). The van der Waals surface area contributed by atoms with Gasteiger partial charge in [0.2, 0.25) is 5.91 Å². The van der Waals surface area contributed by atoms with E-state index in [1.54, 1.807) is 6.92 Å². The third-order valence-electron chi connectivity index (χ3n) is 6.65. The standard InChI is InChI=1S/C23H34N2O4/c1-6-24-15(3)19(14(2)20(24)23(28)29-5)21(26)16(4)25(22(27)17-12-13-17)18-10-8-7-9-11-18/h16-18H,6-13H2,1-5H3. The van der Waals surface area contributed by atoms with Crippen LogP contribution in [0.15, 0.2) is 0 Å². The summed E-state index contributed by atoms with van der Waals surface area (Å²) in [4.78, 5) is 41.0. The van der Waals surface area contributed by atoms with Crippen molar-refractivity contribution in [3.63, 3.8) is 0 Å². The summed E-state index contributed by atoms with van der Waals surface area (Å²) in [6.07, 6.45) is 7.21. The average molecular weight is 403 g/mol. The fourth-order valence-corrected chi connectivity index (χ4v) is 4.94. The molecule has 1 aromatic heterocycles. The summed E-state index contributed by atoms with van der Waals surface area (Å²) in [5.74, 6) is -0.286. The maximum absolute atomic E-state index is 13.7. The summed E-state index contributed by atoms with van der Waals surface area (Å²) in [5, 5.41) is 0. The molecule has 0 aromatic carbocycles. The molecule has 2 aliphatic carbocycles. The molecule has 1 amide bonds. The summed E-state index contributed by atoms with van der Waals surface area (Å²) < 4.78 is 6.80. The number of hydrogen-bond acceptors (Lipinski definition) is 4. The number of hydrogen-bond donors (Lipinski definition) is 0. The molecule has 6 nitrogen and oxygen atoms in total. The van der Waals surface area contributed by atoms with E-state index < -0.39 is 12.0 Å². The Kier molecular flexibility index (Phi) is 6.49. The minimum atomic E-state index is -0.526. The Morgan fingerprint density at radius 1 is 1.10 bits per heavy atom. The van der Waals surface area contributed by atoms with E-state index in [1.807, 2.05) is 30.2 Å². The average Bonchev–Trinajstić information content (AvgIpc) is 3.53. The first-order valence-electron chi connectivity index (χ1n) is 11.0. The Labute approximate surface area is 173 Å². The topological polar surface area (TPSA) is 68.6 Å². The van der Waals surface area contributed by atoms with E-state index in [1.165, 1.54) is 13.5 Å². The minimum Gasteiger partial charge on any atom is -0.464 e. The number of esters is 1. The SMILES string of the molecule is CCn1c(C)c(C(=O)C(C)N(C(=O)C2CC2)C2CCCCC2)c(C)c1C(=O)OC. The highest BCUT2D eigenvalue weighted by atomic mass is 16.5. The first kappa shape index (κ1) is 21.6. The van der Waals surface area contributed by atoms with Crippen LogP contribution in [0.2, 0.25) is 0 Å². The molecule has 2 aliphatic rings. The van der Waals surface area contributed by atoms with Gasteiger partial charge < -0.3 is 14.2 Å². The summed E-state index contributed by atoms with van der Waals surface area (Å²) >= 11 is 0. The number of amides is 1. The predicted octanol–water partition coefficient (Wildman–Crippen LogP) is 4.05. The zero-order valence-electron chi connectivity index (χ0n) is 18.4. The smallest absolute Gasteiger partial charge is 0.354 e. The second-order valence-electron chi connectivity index (χ2n) is 8.52. The van der Waals surface area contributed by atoms with Crippen molar-refractivity contribution in [2.45, 2.75) is 91.3 Å². The summed E-state index contributed by atoms with van der Waals surface area (Å²) in [7, 11) is 1.35. The van der Waals surface area contributed by atoms with Crippen LogP contribution >= 0.6 is 0 Å². The van der Waals surface area contributed by atoms with E-state index in [4.69, 9.17) is 4.74 Å². The van der Waals surface area contributed by atoms with Gasteiger partial charge in [0, 0.05) is 29.8 Å². The Bertz CT molecular complexity index is 800. The first-order valence-corrected chi connectivity index (χ1v) is 11.0. The Morgan fingerprint density at radius 2 is 1.72 bits per heavy atom. The molecule has 0 N–H and O–H groups in total. The summed E-state index contributed by atoms with van der Waals surface area (Å²) in [5.41, 5.74) is 2.41. The highest BCUT2D eigenvalue weighted by molar-refractivity contribution is 6.06. The summed E-state index contributed by atoms with van der Waals surface area (Å²) in [6, 6.07) is -0.383. The molecule has 0 saturated heterocycles. The van der Waals surface area contributed by atoms with Crippen molar-refractivity contribution in [2.24, 2.45) is 5.92 Å². The van der Waals surface area contributed by atoms with Gasteiger partial charge in [-0.05, 0) is 58.9 Å². The van der Waals surface area contributed by atoms with Crippen LogP contribution in [0, 0.1) is 19.8 Å². The predicted molar refractivity (Wildman–Crippen MR) is 111 cm³/mol. The first-order chi connectivity index (χ1) is 13.8. The van der Waals surface area contributed by atoms with Crippen molar-refractivity contribution in [3.8, 4) is 0 Å². The highest BCUT2D eigenvalue weighted by Gasteiger charge is 2.41. The number of Topliss-reactive ketones (excluding diaryl/α,β-unsaturated/α-hetero) is 1. The van der Waals surface area contributed by atoms with E-state index in [2.05, 4.69) is 0 Å². The van der Waals surface area contributed by atoms with Crippen LogP contribution < -0.4 is 0 Å². The van der Waals surface area contributed by atoms with Gasteiger partial charge in [0.05, 0.1) is 13.2 Å². The van der Waals surface area contributed by atoms with Gasteiger partial charge in [0.15, 0.2) is 5.78 Å². The monoisotopic (exact) mass is 402 g/mol. The van der Waals surface area contributed by atoms with E-state index in [-0.39, 0.29) is 23.7 Å². The molecule has 1 heterocycles. The number of nitrogens with zero attached hydrogens (tertiary/aromatic N) is 2. The Balaban J connectivity index is 1.98. The number of rotatable bonds is 7.